The van der Waals surface area contributed by atoms with Crippen molar-refractivity contribution in [3.05, 3.63) is 53.6 Å². The average molecular weight is 385 g/mol. The van der Waals surface area contributed by atoms with E-state index in [1.807, 2.05) is 6.92 Å². The number of pyridine rings is 1. The number of aromatic nitrogens is 1. The molecule has 0 unspecified atom stereocenters. The summed E-state index contributed by atoms with van der Waals surface area (Å²) in [5.74, 6) is 0.994. The van der Waals surface area contributed by atoms with E-state index in [-0.39, 0.29) is 11.7 Å². The number of likely N-dealkylation sites (tertiary alicyclic amines) is 1. The quantitative estimate of drug-likeness (QED) is 0.811. The van der Waals surface area contributed by atoms with Gasteiger partial charge in [0.25, 0.3) is 5.91 Å². The van der Waals surface area contributed by atoms with Gasteiger partial charge in [-0.1, -0.05) is 0 Å². The lowest BCUT2D eigenvalue weighted by Gasteiger charge is -2.35. The van der Waals surface area contributed by atoms with Gasteiger partial charge in [-0.15, -0.1) is 0 Å². The third kappa shape index (κ3) is 5.07. The molecule has 6 heteroatoms. The van der Waals surface area contributed by atoms with Crippen molar-refractivity contribution in [3.63, 3.8) is 0 Å². The number of ether oxygens (including phenoxy) is 1. The van der Waals surface area contributed by atoms with Crippen molar-refractivity contribution in [2.75, 3.05) is 19.6 Å². The van der Waals surface area contributed by atoms with E-state index in [9.17, 15) is 9.18 Å². The number of nitrogens with one attached hydrogen (secondary N) is 1. The molecule has 0 aliphatic carbocycles. The zero-order valence-electron chi connectivity index (χ0n) is 16.7. The van der Waals surface area contributed by atoms with Crippen LogP contribution in [-0.2, 0) is 0 Å². The second-order valence-electron chi connectivity index (χ2n) is 7.65. The maximum Gasteiger partial charge on any atom is 0.270 e. The summed E-state index contributed by atoms with van der Waals surface area (Å²) in [6.07, 6.45) is 3.85. The summed E-state index contributed by atoms with van der Waals surface area (Å²) in [7, 11) is 0. The van der Waals surface area contributed by atoms with Gasteiger partial charge in [0.1, 0.15) is 23.0 Å². The number of amides is 1. The lowest BCUT2D eigenvalue weighted by Crippen LogP contribution is -2.43. The molecule has 0 radical (unpaired) electrons. The van der Waals surface area contributed by atoms with Crippen molar-refractivity contribution in [2.45, 2.75) is 39.7 Å². The summed E-state index contributed by atoms with van der Waals surface area (Å²) < 4.78 is 18.9. The number of carbonyl (C=O) groups excluding carboxylic acids is 1. The first-order chi connectivity index (χ1) is 13.4. The van der Waals surface area contributed by atoms with Crippen LogP contribution in [0.15, 0.2) is 36.5 Å². The van der Waals surface area contributed by atoms with Crippen molar-refractivity contribution in [1.82, 2.24) is 15.2 Å². The van der Waals surface area contributed by atoms with Gasteiger partial charge >= 0.3 is 0 Å². The van der Waals surface area contributed by atoms with Crippen molar-refractivity contribution < 1.29 is 13.9 Å². The van der Waals surface area contributed by atoms with Crippen molar-refractivity contribution in [2.24, 2.45) is 5.92 Å². The number of hydrogen-bond acceptors (Lipinski definition) is 4. The Morgan fingerprint density at radius 2 is 2.07 bits per heavy atom. The molecule has 1 saturated heterocycles. The number of hydrogen-bond donors (Lipinski definition) is 1. The molecule has 1 aliphatic rings. The summed E-state index contributed by atoms with van der Waals surface area (Å²) in [6.45, 7) is 9.01. The van der Waals surface area contributed by atoms with Crippen LogP contribution in [-0.4, -0.2) is 41.5 Å². The highest BCUT2D eigenvalue weighted by molar-refractivity contribution is 5.94. The van der Waals surface area contributed by atoms with E-state index < -0.39 is 0 Å². The standard InChI is InChI=1S/C22H28FN3O2/c1-15(2)26-12-4-5-17(14-26)13-25-22(27)21-16(3)20(10-11-24-21)28-19-8-6-18(23)7-9-19/h6-11,15,17H,4-5,12-14H2,1-3H3,(H,25,27)/t17-/m1/s1. The molecule has 3 rings (SSSR count). The predicted octanol–water partition coefficient (Wildman–Crippen LogP) is 4.17. The summed E-state index contributed by atoms with van der Waals surface area (Å²) in [5.41, 5.74) is 1.02. The first kappa shape index (κ1) is 20.3. The molecule has 28 heavy (non-hydrogen) atoms. The fourth-order valence-electron chi connectivity index (χ4n) is 3.54. The van der Waals surface area contributed by atoms with Gasteiger partial charge in [-0.05, 0) is 76.4 Å². The summed E-state index contributed by atoms with van der Waals surface area (Å²) in [4.78, 5) is 19.4. The summed E-state index contributed by atoms with van der Waals surface area (Å²) in [6, 6.07) is 8.02. The van der Waals surface area contributed by atoms with Crippen LogP contribution in [0.3, 0.4) is 0 Å². The average Bonchev–Trinajstić information content (AvgIpc) is 2.69. The van der Waals surface area contributed by atoms with Gasteiger partial charge in [0.05, 0.1) is 0 Å². The van der Waals surface area contributed by atoms with Crippen molar-refractivity contribution in [1.29, 1.82) is 0 Å². The predicted molar refractivity (Wildman–Crippen MR) is 107 cm³/mol. The largest absolute Gasteiger partial charge is 0.457 e. The lowest BCUT2D eigenvalue weighted by molar-refractivity contribution is 0.0917. The molecule has 2 heterocycles. The summed E-state index contributed by atoms with van der Waals surface area (Å²) >= 11 is 0. The van der Waals surface area contributed by atoms with Gasteiger partial charge in [-0.3, -0.25) is 9.78 Å². The Kier molecular flexibility index (Phi) is 6.62. The minimum Gasteiger partial charge on any atom is -0.457 e. The van der Waals surface area contributed by atoms with E-state index in [0.29, 0.717) is 41.3 Å². The van der Waals surface area contributed by atoms with E-state index in [1.165, 1.54) is 12.1 Å². The van der Waals surface area contributed by atoms with Crippen LogP contribution in [0.4, 0.5) is 4.39 Å². The molecular weight excluding hydrogens is 357 g/mol. The van der Waals surface area contributed by atoms with E-state index in [0.717, 1.165) is 25.9 Å². The Labute approximate surface area is 165 Å². The van der Waals surface area contributed by atoms with E-state index >= 15 is 0 Å². The fraction of sp³-hybridized carbons (Fsp3) is 0.455. The van der Waals surface area contributed by atoms with Crippen molar-refractivity contribution >= 4 is 5.91 Å². The van der Waals surface area contributed by atoms with Crippen LogP contribution in [0.5, 0.6) is 11.5 Å². The third-order valence-corrected chi connectivity index (χ3v) is 5.24. The van der Waals surface area contributed by atoms with Gasteiger partial charge in [0.15, 0.2) is 0 Å². The van der Waals surface area contributed by atoms with Gasteiger partial charge in [0, 0.05) is 30.9 Å². The van der Waals surface area contributed by atoms with Gasteiger partial charge in [-0.25, -0.2) is 4.39 Å². The Hall–Kier alpha value is -2.47. The number of halogens is 1. The Balaban J connectivity index is 1.63. The maximum absolute atomic E-state index is 13.1. The van der Waals surface area contributed by atoms with E-state index in [4.69, 9.17) is 4.74 Å². The Bertz CT molecular complexity index is 808. The molecule has 1 amide bonds. The highest BCUT2D eigenvalue weighted by atomic mass is 19.1. The van der Waals surface area contributed by atoms with Crippen molar-refractivity contribution in [3.8, 4) is 11.5 Å². The first-order valence-electron chi connectivity index (χ1n) is 9.85. The molecule has 2 aromatic rings. The highest BCUT2D eigenvalue weighted by Gasteiger charge is 2.23. The molecular formula is C22H28FN3O2. The van der Waals surface area contributed by atoms with Gasteiger partial charge in [0.2, 0.25) is 0 Å². The third-order valence-electron chi connectivity index (χ3n) is 5.24. The maximum atomic E-state index is 13.1. The highest BCUT2D eigenvalue weighted by Crippen LogP contribution is 2.26. The van der Waals surface area contributed by atoms with Gasteiger partial charge in [-0.2, -0.15) is 0 Å². The number of carbonyl (C=O) groups is 1. The molecule has 1 atom stereocenters. The second kappa shape index (κ2) is 9.15. The van der Waals surface area contributed by atoms with Crippen LogP contribution in [0.2, 0.25) is 0 Å². The molecule has 0 saturated carbocycles. The fourth-order valence-corrected chi connectivity index (χ4v) is 3.54. The Morgan fingerprint density at radius 3 is 2.79 bits per heavy atom. The molecule has 1 aromatic carbocycles. The molecule has 0 spiro atoms. The minimum atomic E-state index is -0.322. The van der Waals surface area contributed by atoms with Crippen LogP contribution in [0, 0.1) is 18.7 Å². The van der Waals surface area contributed by atoms with E-state index in [2.05, 4.69) is 29.0 Å². The zero-order valence-corrected chi connectivity index (χ0v) is 16.7. The van der Waals surface area contributed by atoms with E-state index in [1.54, 1.807) is 24.4 Å². The Morgan fingerprint density at radius 1 is 1.32 bits per heavy atom. The molecule has 5 nitrogen and oxygen atoms in total. The lowest BCUT2D eigenvalue weighted by atomic mass is 9.97. The van der Waals surface area contributed by atoms with Crippen LogP contribution in [0.1, 0.15) is 42.7 Å². The first-order valence-corrected chi connectivity index (χ1v) is 9.85. The molecule has 1 aromatic heterocycles. The zero-order chi connectivity index (χ0) is 20.1. The molecule has 1 aliphatic heterocycles. The minimum absolute atomic E-state index is 0.191. The van der Waals surface area contributed by atoms with Crippen LogP contribution >= 0.6 is 0 Å². The topological polar surface area (TPSA) is 54.5 Å². The SMILES string of the molecule is Cc1c(Oc2ccc(F)cc2)ccnc1C(=O)NC[C@H]1CCCN(C(C)C)C1. The molecule has 150 valence electrons. The summed E-state index contributed by atoms with van der Waals surface area (Å²) in [5, 5.41) is 3.03. The number of rotatable bonds is 6. The molecule has 1 fully saturated rings. The number of piperidine rings is 1. The number of benzene rings is 1. The van der Waals surface area contributed by atoms with Gasteiger partial charge < -0.3 is 15.0 Å². The van der Waals surface area contributed by atoms with Crippen LogP contribution in [0.25, 0.3) is 0 Å². The number of nitrogens with zero attached hydrogens (tertiary/aromatic N) is 2. The van der Waals surface area contributed by atoms with Crippen LogP contribution < -0.4 is 10.1 Å². The smallest absolute Gasteiger partial charge is 0.270 e. The molecule has 0 bridgehead atoms. The second-order valence-corrected chi connectivity index (χ2v) is 7.65. The monoisotopic (exact) mass is 385 g/mol. The molecule has 1 N–H and O–H groups in total. The normalized spacial score (nSPS) is 17.5.